The van der Waals surface area contributed by atoms with Gasteiger partial charge in [-0.05, 0) is 31.4 Å². The van der Waals surface area contributed by atoms with E-state index in [1.165, 1.54) is 7.11 Å². The Morgan fingerprint density at radius 2 is 1.92 bits per heavy atom. The molecule has 1 saturated heterocycles. The van der Waals surface area contributed by atoms with Crippen molar-refractivity contribution in [1.29, 1.82) is 0 Å². The van der Waals surface area contributed by atoms with E-state index in [4.69, 9.17) is 0 Å². The Morgan fingerprint density at radius 3 is 2.52 bits per heavy atom. The van der Waals surface area contributed by atoms with Crippen molar-refractivity contribution in [2.45, 2.75) is 44.7 Å². The number of nitrogens with one attached hydrogen (secondary N) is 2. The first-order valence-corrected chi connectivity index (χ1v) is 9.03. The maximum absolute atomic E-state index is 12.7. The molecule has 0 aromatic heterocycles. The number of ether oxygens (including phenoxy) is 1. The molecule has 1 heterocycles. The number of likely N-dealkylation sites (tertiary alicyclic amines) is 1. The number of piperidine rings is 1. The zero-order chi connectivity index (χ0) is 18.1. The van der Waals surface area contributed by atoms with Gasteiger partial charge in [0.05, 0.1) is 7.11 Å². The summed E-state index contributed by atoms with van der Waals surface area (Å²) in [4.78, 5) is 26.7. The monoisotopic (exact) mass is 347 g/mol. The van der Waals surface area contributed by atoms with Gasteiger partial charge in [-0.2, -0.15) is 0 Å². The molecule has 0 radical (unpaired) electrons. The number of carbonyl (C=O) groups excluding carboxylic acids is 2. The van der Waals surface area contributed by atoms with Crippen molar-refractivity contribution in [3.63, 3.8) is 0 Å². The van der Waals surface area contributed by atoms with Crippen molar-refractivity contribution < 1.29 is 14.3 Å². The molecule has 1 aliphatic heterocycles. The first-order chi connectivity index (χ1) is 12.1. The van der Waals surface area contributed by atoms with E-state index in [-0.39, 0.29) is 11.9 Å². The van der Waals surface area contributed by atoms with Crippen LogP contribution in [0.2, 0.25) is 0 Å². The second-order valence-electron chi connectivity index (χ2n) is 6.50. The van der Waals surface area contributed by atoms with Gasteiger partial charge in [0.15, 0.2) is 0 Å². The number of hydrogen-bond donors (Lipinski definition) is 2. The highest BCUT2D eigenvalue weighted by molar-refractivity contribution is 5.86. The second kappa shape index (κ2) is 10.0. The molecule has 1 fully saturated rings. The number of amides is 2. The SMILES string of the molecule is CCCN1CCC(NC(=O)[C@H](Cc2ccccc2)NC(=O)OC)CC1. The lowest BCUT2D eigenvalue weighted by Gasteiger charge is -2.32. The molecule has 6 nitrogen and oxygen atoms in total. The first kappa shape index (κ1) is 19.2. The third-order valence-electron chi connectivity index (χ3n) is 4.55. The summed E-state index contributed by atoms with van der Waals surface area (Å²) in [6.45, 7) is 5.31. The molecule has 2 amide bonds. The molecule has 2 rings (SSSR count). The summed E-state index contributed by atoms with van der Waals surface area (Å²) in [6, 6.07) is 9.20. The number of alkyl carbamates (subject to hydrolysis) is 1. The summed E-state index contributed by atoms with van der Waals surface area (Å²) in [5, 5.41) is 5.75. The van der Waals surface area contributed by atoms with E-state index in [1.807, 2.05) is 30.3 Å². The van der Waals surface area contributed by atoms with Crippen molar-refractivity contribution in [2.24, 2.45) is 0 Å². The summed E-state index contributed by atoms with van der Waals surface area (Å²) in [5.41, 5.74) is 0.997. The largest absolute Gasteiger partial charge is 0.453 e. The minimum atomic E-state index is -0.636. The number of rotatable bonds is 7. The number of methoxy groups -OCH3 is 1. The molecule has 1 atom stereocenters. The van der Waals surface area contributed by atoms with E-state index >= 15 is 0 Å². The normalized spacial score (nSPS) is 16.9. The standard InChI is InChI=1S/C19H29N3O3/c1-3-11-22-12-9-16(10-13-22)20-18(23)17(21-19(24)25-2)14-15-7-5-4-6-8-15/h4-8,16-17H,3,9-14H2,1-2H3,(H,20,23)(H,21,24)/t17-/m0/s1. The lowest BCUT2D eigenvalue weighted by molar-refractivity contribution is -0.124. The maximum atomic E-state index is 12.7. The van der Waals surface area contributed by atoms with Gasteiger partial charge in [-0.15, -0.1) is 0 Å². The van der Waals surface area contributed by atoms with Gasteiger partial charge < -0.3 is 20.3 Å². The van der Waals surface area contributed by atoms with Gasteiger partial charge in [-0.3, -0.25) is 4.79 Å². The van der Waals surface area contributed by atoms with Crippen LogP contribution in [0.15, 0.2) is 30.3 Å². The molecule has 0 saturated carbocycles. The zero-order valence-corrected chi connectivity index (χ0v) is 15.2. The van der Waals surface area contributed by atoms with Gasteiger partial charge >= 0.3 is 6.09 Å². The Kier molecular flexibility index (Phi) is 7.73. The van der Waals surface area contributed by atoms with Gasteiger partial charge in [0.25, 0.3) is 0 Å². The summed E-state index contributed by atoms with van der Waals surface area (Å²) in [5.74, 6) is -0.150. The summed E-state index contributed by atoms with van der Waals surface area (Å²) in [6.07, 6.45) is 2.90. The Morgan fingerprint density at radius 1 is 1.24 bits per heavy atom. The van der Waals surface area contributed by atoms with E-state index in [9.17, 15) is 9.59 Å². The van der Waals surface area contributed by atoms with Gasteiger partial charge in [0.1, 0.15) is 6.04 Å². The predicted octanol–water partition coefficient (Wildman–Crippen LogP) is 1.94. The highest BCUT2D eigenvalue weighted by Crippen LogP contribution is 2.11. The van der Waals surface area contributed by atoms with Crippen LogP contribution in [0.1, 0.15) is 31.7 Å². The maximum Gasteiger partial charge on any atom is 0.407 e. The molecule has 25 heavy (non-hydrogen) atoms. The van der Waals surface area contributed by atoms with Crippen LogP contribution in [0, 0.1) is 0 Å². The highest BCUT2D eigenvalue weighted by atomic mass is 16.5. The number of carbonyl (C=O) groups is 2. The van der Waals surface area contributed by atoms with E-state index < -0.39 is 12.1 Å². The van der Waals surface area contributed by atoms with E-state index in [0.717, 1.165) is 44.5 Å². The quantitative estimate of drug-likeness (QED) is 0.791. The minimum absolute atomic E-state index is 0.150. The van der Waals surface area contributed by atoms with E-state index in [1.54, 1.807) is 0 Å². The molecule has 1 aromatic rings. The van der Waals surface area contributed by atoms with Crippen molar-refractivity contribution in [3.05, 3.63) is 35.9 Å². The lowest BCUT2D eigenvalue weighted by Crippen LogP contribution is -2.53. The van der Waals surface area contributed by atoms with Crippen molar-refractivity contribution in [1.82, 2.24) is 15.5 Å². The molecule has 1 aromatic carbocycles. The average molecular weight is 347 g/mol. The van der Waals surface area contributed by atoms with Gasteiger partial charge in [0, 0.05) is 25.6 Å². The number of nitrogens with zero attached hydrogens (tertiary/aromatic N) is 1. The van der Waals surface area contributed by atoms with Crippen LogP contribution in [0.25, 0.3) is 0 Å². The van der Waals surface area contributed by atoms with Gasteiger partial charge in [-0.1, -0.05) is 37.3 Å². The third kappa shape index (κ3) is 6.38. The predicted molar refractivity (Wildman–Crippen MR) is 97.4 cm³/mol. The minimum Gasteiger partial charge on any atom is -0.453 e. The fourth-order valence-corrected chi connectivity index (χ4v) is 3.18. The fraction of sp³-hybridized carbons (Fsp3) is 0.579. The smallest absolute Gasteiger partial charge is 0.407 e. The molecule has 1 aliphatic rings. The molecule has 2 N–H and O–H groups in total. The topological polar surface area (TPSA) is 70.7 Å². The Labute approximate surface area is 149 Å². The molecule has 0 unspecified atom stereocenters. The van der Waals surface area contributed by atoms with Crippen molar-refractivity contribution in [3.8, 4) is 0 Å². The Balaban J connectivity index is 1.92. The molecule has 0 bridgehead atoms. The average Bonchev–Trinajstić information content (AvgIpc) is 2.63. The van der Waals surface area contributed by atoms with Gasteiger partial charge in [0.2, 0.25) is 5.91 Å². The van der Waals surface area contributed by atoms with Crippen LogP contribution in [0.5, 0.6) is 0 Å². The highest BCUT2D eigenvalue weighted by Gasteiger charge is 2.26. The first-order valence-electron chi connectivity index (χ1n) is 9.03. The number of hydrogen-bond acceptors (Lipinski definition) is 4. The van der Waals surface area contributed by atoms with Crippen LogP contribution in [-0.2, 0) is 16.0 Å². The van der Waals surface area contributed by atoms with Crippen LogP contribution in [0.4, 0.5) is 4.79 Å². The third-order valence-corrected chi connectivity index (χ3v) is 4.55. The molecule has 6 heteroatoms. The summed E-state index contributed by atoms with van der Waals surface area (Å²) in [7, 11) is 1.30. The molecular weight excluding hydrogens is 318 g/mol. The van der Waals surface area contributed by atoms with Crippen LogP contribution in [-0.4, -0.2) is 55.7 Å². The van der Waals surface area contributed by atoms with Crippen molar-refractivity contribution >= 4 is 12.0 Å². The molecule has 138 valence electrons. The van der Waals surface area contributed by atoms with E-state index in [2.05, 4.69) is 27.2 Å². The Bertz CT molecular complexity index is 542. The van der Waals surface area contributed by atoms with Gasteiger partial charge in [-0.25, -0.2) is 4.79 Å². The van der Waals surface area contributed by atoms with E-state index in [0.29, 0.717) is 6.42 Å². The van der Waals surface area contributed by atoms with Crippen molar-refractivity contribution in [2.75, 3.05) is 26.7 Å². The number of benzene rings is 1. The van der Waals surface area contributed by atoms with Crippen LogP contribution >= 0.6 is 0 Å². The molecule has 0 spiro atoms. The fourth-order valence-electron chi connectivity index (χ4n) is 3.18. The summed E-state index contributed by atoms with van der Waals surface area (Å²) >= 11 is 0. The summed E-state index contributed by atoms with van der Waals surface area (Å²) < 4.78 is 4.66. The van der Waals surface area contributed by atoms with Crippen LogP contribution < -0.4 is 10.6 Å². The molecule has 0 aliphatic carbocycles. The second-order valence-corrected chi connectivity index (χ2v) is 6.50. The lowest BCUT2D eigenvalue weighted by atomic mass is 10.0. The zero-order valence-electron chi connectivity index (χ0n) is 15.2. The van der Waals surface area contributed by atoms with Crippen LogP contribution in [0.3, 0.4) is 0 Å². The Hall–Kier alpha value is -2.08. The molecular formula is C19H29N3O3.